The van der Waals surface area contributed by atoms with Gasteiger partial charge in [0.25, 0.3) is 11.8 Å². The van der Waals surface area contributed by atoms with Crippen LogP contribution in [0, 0.1) is 17.9 Å². The molecule has 3 nitrogen and oxygen atoms in total. The maximum absolute atomic E-state index is 12.7. The molecule has 1 radical (unpaired) electrons. The molecule has 25 heavy (non-hydrogen) atoms. The smallest absolute Gasteiger partial charge is 0.266 e. The minimum atomic E-state index is -0.324. The summed E-state index contributed by atoms with van der Waals surface area (Å²) in [5.74, 6) is 5.46. The van der Waals surface area contributed by atoms with Crippen molar-refractivity contribution in [1.29, 1.82) is 0 Å². The van der Waals surface area contributed by atoms with Crippen molar-refractivity contribution in [1.82, 2.24) is 0 Å². The molecule has 0 atom stereocenters. The lowest BCUT2D eigenvalue weighted by Crippen LogP contribution is -2.29. The van der Waals surface area contributed by atoms with Crippen LogP contribution in [0.5, 0.6) is 0 Å². The van der Waals surface area contributed by atoms with E-state index >= 15 is 0 Å². The summed E-state index contributed by atoms with van der Waals surface area (Å²) in [5.41, 5.74) is 2.93. The number of fused-ring (bicyclic) bond motifs is 1. The molecule has 0 aromatic heterocycles. The summed E-state index contributed by atoms with van der Waals surface area (Å²) in [4.78, 5) is 26.4. The molecule has 1 heterocycles. The van der Waals surface area contributed by atoms with Crippen LogP contribution in [0.3, 0.4) is 0 Å². The largest absolute Gasteiger partial charge is 0.268 e. The van der Waals surface area contributed by atoms with E-state index in [0.29, 0.717) is 22.4 Å². The van der Waals surface area contributed by atoms with Crippen LogP contribution in [0.15, 0.2) is 72.8 Å². The Kier molecular flexibility index (Phi) is 3.64. The summed E-state index contributed by atoms with van der Waals surface area (Å²) >= 11 is 0. The average Bonchev–Trinajstić information content (AvgIpc) is 2.92. The van der Waals surface area contributed by atoms with Crippen LogP contribution in [0.25, 0.3) is 0 Å². The lowest BCUT2D eigenvalue weighted by molar-refractivity contribution is 0.0926. The van der Waals surface area contributed by atoms with Crippen LogP contribution in [0.1, 0.15) is 31.8 Å². The zero-order chi connectivity index (χ0) is 17.2. The van der Waals surface area contributed by atoms with Gasteiger partial charge in [0.1, 0.15) is 0 Å². The van der Waals surface area contributed by atoms with Crippen LogP contribution in [0.4, 0.5) is 5.69 Å². The van der Waals surface area contributed by atoms with Crippen molar-refractivity contribution in [2.75, 3.05) is 4.90 Å². The van der Waals surface area contributed by atoms with Crippen molar-refractivity contribution in [3.63, 3.8) is 0 Å². The van der Waals surface area contributed by atoms with Crippen LogP contribution >= 0.6 is 0 Å². The summed E-state index contributed by atoms with van der Waals surface area (Å²) in [7, 11) is 0. The van der Waals surface area contributed by atoms with Crippen LogP contribution < -0.4 is 4.90 Å². The van der Waals surface area contributed by atoms with Crippen molar-refractivity contribution in [2.24, 2.45) is 0 Å². The molecule has 2 amide bonds. The first-order valence-corrected chi connectivity index (χ1v) is 7.80. The molecule has 0 saturated heterocycles. The highest BCUT2D eigenvalue weighted by Crippen LogP contribution is 2.28. The molecule has 0 bridgehead atoms. The number of benzene rings is 3. The number of carbonyl (C=O) groups excluding carboxylic acids is 2. The Morgan fingerprint density at radius 1 is 0.720 bits per heavy atom. The Hall–Kier alpha value is -3.64. The van der Waals surface area contributed by atoms with Crippen molar-refractivity contribution in [2.45, 2.75) is 0 Å². The fourth-order valence-corrected chi connectivity index (χ4v) is 2.75. The number of imide groups is 1. The van der Waals surface area contributed by atoms with Gasteiger partial charge in [-0.25, -0.2) is 4.90 Å². The predicted octanol–water partition coefficient (Wildman–Crippen LogP) is 3.69. The van der Waals surface area contributed by atoms with Crippen LogP contribution in [0.2, 0.25) is 0 Å². The Morgan fingerprint density at radius 3 is 2.16 bits per heavy atom. The first-order chi connectivity index (χ1) is 12.2. The fraction of sp³-hybridized carbons (Fsp3) is 0. The molecule has 1 aliphatic heterocycles. The van der Waals surface area contributed by atoms with E-state index in [9.17, 15) is 9.59 Å². The van der Waals surface area contributed by atoms with Gasteiger partial charge in [-0.05, 0) is 48.5 Å². The molecule has 0 fully saturated rings. The molecular weight excluding hydrogens is 310 g/mol. The molecule has 0 aliphatic carbocycles. The molecule has 4 rings (SSSR count). The summed E-state index contributed by atoms with van der Waals surface area (Å²) in [6.07, 6.45) is 0. The third-order valence-electron chi connectivity index (χ3n) is 3.97. The standard InChI is InChI=1S/C22H12NO2/c24-21-19-14-13-17(12-11-16-7-3-1-4-8-16)15-20(19)22(25)23(21)18-9-5-2-6-10-18/h1,3-10,13-15H. The molecule has 117 valence electrons. The van der Waals surface area contributed by atoms with Crippen LogP contribution in [-0.4, -0.2) is 11.8 Å². The molecule has 0 unspecified atom stereocenters. The number of rotatable bonds is 1. The summed E-state index contributed by atoms with van der Waals surface area (Å²) in [5, 5.41) is 0. The third-order valence-corrected chi connectivity index (χ3v) is 3.97. The van der Waals surface area contributed by atoms with E-state index in [2.05, 4.69) is 17.9 Å². The molecule has 0 saturated carbocycles. The lowest BCUT2D eigenvalue weighted by Gasteiger charge is -2.12. The molecule has 3 heteroatoms. The summed E-state index contributed by atoms with van der Waals surface area (Å²) < 4.78 is 0. The summed E-state index contributed by atoms with van der Waals surface area (Å²) in [6, 6.07) is 24.3. The molecule has 3 aromatic carbocycles. The van der Waals surface area contributed by atoms with Crippen molar-refractivity contribution in [3.05, 3.63) is 101 Å². The van der Waals surface area contributed by atoms with Gasteiger partial charge in [-0.1, -0.05) is 42.2 Å². The van der Waals surface area contributed by atoms with Gasteiger partial charge in [-0.15, -0.1) is 0 Å². The molecular formula is C22H12NO2. The number of hydrogen-bond donors (Lipinski definition) is 0. The van der Waals surface area contributed by atoms with Gasteiger partial charge in [-0.2, -0.15) is 0 Å². The average molecular weight is 322 g/mol. The van der Waals surface area contributed by atoms with E-state index in [1.807, 2.05) is 30.3 Å². The Labute approximate surface area is 145 Å². The second-order valence-corrected chi connectivity index (χ2v) is 5.58. The van der Waals surface area contributed by atoms with E-state index in [4.69, 9.17) is 0 Å². The van der Waals surface area contributed by atoms with Gasteiger partial charge in [0.2, 0.25) is 0 Å². The highest BCUT2D eigenvalue weighted by molar-refractivity contribution is 6.34. The van der Waals surface area contributed by atoms with Gasteiger partial charge < -0.3 is 0 Å². The van der Waals surface area contributed by atoms with E-state index in [1.165, 1.54) is 4.90 Å². The van der Waals surface area contributed by atoms with Crippen LogP contribution in [-0.2, 0) is 0 Å². The number of nitrogens with zero attached hydrogens (tertiary/aromatic N) is 1. The second-order valence-electron chi connectivity index (χ2n) is 5.58. The number of hydrogen-bond acceptors (Lipinski definition) is 2. The Morgan fingerprint density at radius 2 is 1.40 bits per heavy atom. The zero-order valence-corrected chi connectivity index (χ0v) is 13.2. The van der Waals surface area contributed by atoms with Gasteiger partial charge in [-0.3, -0.25) is 9.59 Å². The maximum Gasteiger partial charge on any atom is 0.266 e. The Balaban J connectivity index is 1.70. The predicted molar refractivity (Wildman–Crippen MR) is 95.3 cm³/mol. The van der Waals surface area contributed by atoms with Gasteiger partial charge >= 0.3 is 0 Å². The zero-order valence-electron chi connectivity index (χ0n) is 13.2. The highest BCUT2D eigenvalue weighted by Gasteiger charge is 2.36. The number of anilines is 1. The highest BCUT2D eigenvalue weighted by atomic mass is 16.2. The summed E-state index contributed by atoms with van der Waals surface area (Å²) in [6.45, 7) is 0. The van der Waals surface area contributed by atoms with Gasteiger partial charge in [0.05, 0.1) is 16.8 Å². The molecule has 1 aliphatic rings. The van der Waals surface area contributed by atoms with Crippen molar-refractivity contribution in [3.8, 4) is 11.8 Å². The maximum atomic E-state index is 12.7. The third kappa shape index (κ3) is 2.71. The van der Waals surface area contributed by atoms with E-state index in [1.54, 1.807) is 42.5 Å². The fourth-order valence-electron chi connectivity index (χ4n) is 2.75. The minimum absolute atomic E-state index is 0.311. The van der Waals surface area contributed by atoms with Gasteiger partial charge in [0, 0.05) is 11.1 Å². The van der Waals surface area contributed by atoms with Crippen molar-refractivity contribution < 1.29 is 9.59 Å². The normalized spacial score (nSPS) is 12.6. The SMILES string of the molecule is O=C1c2ccc(C#Cc3ccccc3)cc2C(=O)N1c1cc[c]cc1. The minimum Gasteiger partial charge on any atom is -0.268 e. The number of amides is 2. The quantitative estimate of drug-likeness (QED) is 0.506. The Bertz CT molecular complexity index is 1030. The molecule has 0 N–H and O–H groups in total. The number of carbonyl (C=O) groups is 2. The molecule has 0 spiro atoms. The lowest BCUT2D eigenvalue weighted by atomic mass is 10.1. The van der Waals surface area contributed by atoms with Crippen molar-refractivity contribution >= 4 is 17.5 Å². The monoisotopic (exact) mass is 322 g/mol. The first-order valence-electron chi connectivity index (χ1n) is 7.80. The van der Waals surface area contributed by atoms with E-state index < -0.39 is 0 Å². The first kappa shape index (κ1) is 14.9. The molecule has 3 aromatic rings. The van der Waals surface area contributed by atoms with E-state index in [0.717, 1.165) is 5.56 Å². The van der Waals surface area contributed by atoms with E-state index in [-0.39, 0.29) is 11.8 Å². The van der Waals surface area contributed by atoms with Gasteiger partial charge in [0.15, 0.2) is 0 Å². The topological polar surface area (TPSA) is 37.4 Å². The second kappa shape index (κ2) is 6.10.